The van der Waals surface area contributed by atoms with Gasteiger partial charge in [0.2, 0.25) is 0 Å². The van der Waals surface area contributed by atoms with E-state index in [-0.39, 0.29) is 34.6 Å². The van der Waals surface area contributed by atoms with E-state index < -0.39 is 17.5 Å². The average Bonchev–Trinajstić information content (AvgIpc) is 2.32. The second kappa shape index (κ2) is 7.13. The number of hydrogen-bond donors (Lipinski definition) is 2. The highest BCUT2D eigenvalue weighted by molar-refractivity contribution is 6.42. The maximum absolute atomic E-state index is 10.8. The zero-order valence-electron chi connectivity index (χ0n) is 9.56. The van der Waals surface area contributed by atoms with Crippen LogP contribution in [0.2, 0.25) is 10.0 Å². The van der Waals surface area contributed by atoms with Gasteiger partial charge in [0.25, 0.3) is 5.69 Å². The van der Waals surface area contributed by atoms with E-state index in [0.29, 0.717) is 0 Å². The molecule has 0 bridgehead atoms. The van der Waals surface area contributed by atoms with Crippen molar-refractivity contribution in [3.8, 4) is 0 Å². The second-order valence-corrected chi connectivity index (χ2v) is 4.23. The van der Waals surface area contributed by atoms with Gasteiger partial charge in [0.1, 0.15) is 12.3 Å². The van der Waals surface area contributed by atoms with E-state index in [2.05, 4.69) is 5.32 Å². The summed E-state index contributed by atoms with van der Waals surface area (Å²) in [6.07, 6.45) is 0. The lowest BCUT2D eigenvalue weighted by Crippen LogP contribution is -2.14. The van der Waals surface area contributed by atoms with Crippen molar-refractivity contribution in [3.63, 3.8) is 0 Å². The number of carboxylic acid groups (broad SMARTS) is 1. The van der Waals surface area contributed by atoms with Gasteiger partial charge in [0.05, 0.1) is 21.6 Å². The summed E-state index contributed by atoms with van der Waals surface area (Å²) in [5, 5.41) is 22.2. The van der Waals surface area contributed by atoms with Crippen molar-refractivity contribution in [1.82, 2.24) is 0 Å². The highest BCUT2D eigenvalue weighted by atomic mass is 35.5. The van der Waals surface area contributed by atoms with Crippen LogP contribution in [0.25, 0.3) is 0 Å². The van der Waals surface area contributed by atoms with E-state index >= 15 is 0 Å². The molecule has 0 aliphatic carbocycles. The van der Waals surface area contributed by atoms with Gasteiger partial charge in [-0.3, -0.25) is 10.1 Å². The molecule has 2 N–H and O–H groups in total. The third-order valence-electron chi connectivity index (χ3n) is 2.02. The predicted octanol–water partition coefficient (Wildman–Crippen LogP) is 2.41. The molecule has 0 aliphatic rings. The number of aliphatic carboxylic acids is 1. The lowest BCUT2D eigenvalue weighted by atomic mass is 10.2. The number of halogens is 2. The number of nitro benzene ring substituents is 1. The van der Waals surface area contributed by atoms with Crippen molar-refractivity contribution in [2.75, 3.05) is 25.1 Å². The van der Waals surface area contributed by atoms with Gasteiger partial charge in [0, 0.05) is 12.6 Å². The topological polar surface area (TPSA) is 102 Å². The second-order valence-electron chi connectivity index (χ2n) is 3.41. The highest BCUT2D eigenvalue weighted by Crippen LogP contribution is 2.33. The molecule has 1 aromatic carbocycles. The van der Waals surface area contributed by atoms with Gasteiger partial charge in [-0.25, -0.2) is 4.79 Å². The molecular weight excluding hydrogens is 299 g/mol. The van der Waals surface area contributed by atoms with Crippen LogP contribution in [0.5, 0.6) is 0 Å². The minimum absolute atomic E-state index is 0.0843. The minimum Gasteiger partial charge on any atom is -0.480 e. The van der Waals surface area contributed by atoms with Gasteiger partial charge >= 0.3 is 5.97 Å². The molecule has 0 saturated carbocycles. The third-order valence-corrected chi connectivity index (χ3v) is 2.74. The van der Waals surface area contributed by atoms with Crippen molar-refractivity contribution in [1.29, 1.82) is 0 Å². The molecule has 0 fully saturated rings. The van der Waals surface area contributed by atoms with Crippen molar-refractivity contribution in [2.24, 2.45) is 0 Å². The number of rotatable bonds is 7. The van der Waals surface area contributed by atoms with E-state index in [1.54, 1.807) is 0 Å². The van der Waals surface area contributed by atoms with Crippen molar-refractivity contribution in [2.45, 2.75) is 0 Å². The van der Waals surface area contributed by atoms with E-state index in [9.17, 15) is 14.9 Å². The average molecular weight is 309 g/mol. The summed E-state index contributed by atoms with van der Waals surface area (Å²) < 4.78 is 4.78. The summed E-state index contributed by atoms with van der Waals surface area (Å²) in [5.41, 5.74) is -0.0223. The number of nitrogens with zero attached hydrogens (tertiary/aromatic N) is 1. The van der Waals surface area contributed by atoms with Crippen LogP contribution >= 0.6 is 23.2 Å². The van der Waals surface area contributed by atoms with Crippen LogP contribution < -0.4 is 5.32 Å². The van der Waals surface area contributed by atoms with Crippen molar-refractivity contribution < 1.29 is 19.6 Å². The van der Waals surface area contributed by atoms with Gasteiger partial charge in [-0.05, 0) is 6.07 Å². The Labute approximate surface area is 118 Å². The first-order valence-corrected chi connectivity index (χ1v) is 5.84. The molecule has 0 aliphatic heterocycles. The van der Waals surface area contributed by atoms with Gasteiger partial charge in [0.15, 0.2) is 0 Å². The summed E-state index contributed by atoms with van der Waals surface area (Å²) in [6, 6.07) is 2.48. The molecule has 19 heavy (non-hydrogen) atoms. The third kappa shape index (κ3) is 4.90. The summed E-state index contributed by atoms with van der Waals surface area (Å²) in [7, 11) is 0. The lowest BCUT2D eigenvalue weighted by Gasteiger charge is -2.08. The highest BCUT2D eigenvalue weighted by Gasteiger charge is 2.16. The van der Waals surface area contributed by atoms with E-state index in [1.165, 1.54) is 6.07 Å². The van der Waals surface area contributed by atoms with Crippen molar-refractivity contribution >= 4 is 40.5 Å². The molecule has 0 aromatic heterocycles. The molecule has 9 heteroatoms. The van der Waals surface area contributed by atoms with Gasteiger partial charge < -0.3 is 15.2 Å². The van der Waals surface area contributed by atoms with Crippen LogP contribution in [0.4, 0.5) is 11.4 Å². The van der Waals surface area contributed by atoms with Gasteiger partial charge in [-0.15, -0.1) is 0 Å². The monoisotopic (exact) mass is 308 g/mol. The maximum Gasteiger partial charge on any atom is 0.329 e. The Morgan fingerprint density at radius 1 is 1.42 bits per heavy atom. The van der Waals surface area contributed by atoms with Crippen LogP contribution in [0.15, 0.2) is 12.1 Å². The Morgan fingerprint density at radius 2 is 2.05 bits per heavy atom. The zero-order chi connectivity index (χ0) is 14.4. The Bertz CT molecular complexity index is 495. The van der Waals surface area contributed by atoms with E-state index in [1.807, 2.05) is 0 Å². The molecule has 0 spiro atoms. The Hall–Kier alpha value is -1.57. The molecule has 1 rings (SSSR count). The standard InChI is InChI=1S/C10H10Cl2N2O5/c11-6-3-8(9(14(17)18)4-7(6)12)13-1-2-19-5-10(15)16/h3-4,13H,1-2,5H2,(H,15,16). The Balaban J connectivity index is 2.64. The number of carbonyl (C=O) groups is 1. The molecule has 104 valence electrons. The maximum atomic E-state index is 10.8. The lowest BCUT2D eigenvalue weighted by molar-refractivity contribution is -0.383. The normalized spacial score (nSPS) is 10.2. The first kappa shape index (κ1) is 15.5. The summed E-state index contributed by atoms with van der Waals surface area (Å²) in [6.45, 7) is -0.138. The number of nitro groups is 1. The smallest absolute Gasteiger partial charge is 0.329 e. The Morgan fingerprint density at radius 3 is 2.63 bits per heavy atom. The van der Waals surface area contributed by atoms with Gasteiger partial charge in [-0.1, -0.05) is 23.2 Å². The van der Waals surface area contributed by atoms with Crippen LogP contribution in [-0.4, -0.2) is 35.8 Å². The number of ether oxygens (including phenoxy) is 1. The summed E-state index contributed by atoms with van der Waals surface area (Å²) >= 11 is 11.5. The minimum atomic E-state index is -1.08. The van der Waals surface area contributed by atoms with Crippen molar-refractivity contribution in [3.05, 3.63) is 32.3 Å². The number of carboxylic acids is 1. The molecule has 0 unspecified atom stereocenters. The van der Waals surface area contributed by atoms with Gasteiger partial charge in [-0.2, -0.15) is 0 Å². The summed E-state index contributed by atoms with van der Waals surface area (Å²) in [4.78, 5) is 20.4. The fourth-order valence-electron chi connectivity index (χ4n) is 1.25. The molecule has 7 nitrogen and oxygen atoms in total. The fourth-order valence-corrected chi connectivity index (χ4v) is 1.57. The number of nitrogens with one attached hydrogen (secondary N) is 1. The van der Waals surface area contributed by atoms with Crippen LogP contribution in [0.3, 0.4) is 0 Å². The molecule has 0 atom stereocenters. The number of hydrogen-bond acceptors (Lipinski definition) is 5. The molecule has 0 saturated heterocycles. The zero-order valence-corrected chi connectivity index (χ0v) is 11.1. The Kier molecular flexibility index (Phi) is 5.81. The van der Waals surface area contributed by atoms with Crippen LogP contribution in [0, 0.1) is 10.1 Å². The predicted molar refractivity (Wildman–Crippen MR) is 70.1 cm³/mol. The number of benzene rings is 1. The molecule has 1 aromatic rings. The largest absolute Gasteiger partial charge is 0.480 e. The SMILES string of the molecule is O=C(O)COCCNc1cc(Cl)c(Cl)cc1[N+](=O)[O-]. The first-order valence-electron chi connectivity index (χ1n) is 5.08. The molecule has 0 heterocycles. The summed E-state index contributed by atoms with van der Waals surface area (Å²) in [5.74, 6) is -1.08. The van der Waals surface area contributed by atoms with Crippen LogP contribution in [-0.2, 0) is 9.53 Å². The molecular formula is C10H10Cl2N2O5. The molecule has 0 radical (unpaired) electrons. The molecule has 0 amide bonds. The first-order chi connectivity index (χ1) is 8.91. The quantitative estimate of drug-likeness (QED) is 0.455. The number of anilines is 1. The van der Waals surface area contributed by atoms with Crippen LogP contribution in [0.1, 0.15) is 0 Å². The fraction of sp³-hybridized carbons (Fsp3) is 0.300. The van der Waals surface area contributed by atoms with E-state index in [0.717, 1.165) is 6.07 Å². The van der Waals surface area contributed by atoms with E-state index in [4.69, 9.17) is 33.0 Å².